The minimum Gasteiger partial charge on any atom is -0.480 e. The Morgan fingerprint density at radius 1 is 1.24 bits per heavy atom. The first-order chi connectivity index (χ1) is 12.0. The van der Waals surface area contributed by atoms with Crippen LogP contribution in [0.2, 0.25) is 0 Å². The predicted octanol–water partition coefficient (Wildman–Crippen LogP) is 1.83. The molecular weight excluding hydrogens is 330 g/mol. The fourth-order valence-electron chi connectivity index (χ4n) is 2.32. The summed E-state index contributed by atoms with van der Waals surface area (Å²) in [5, 5.41) is 30.1. The van der Waals surface area contributed by atoms with Gasteiger partial charge in [-0.25, -0.2) is 4.63 Å². The normalized spacial score (nSPS) is 12.0. The monoisotopic (exact) mass is 343 g/mol. The Balaban J connectivity index is 1.82. The van der Waals surface area contributed by atoms with Crippen molar-refractivity contribution in [3.63, 3.8) is 0 Å². The van der Waals surface area contributed by atoms with Crippen LogP contribution in [0.15, 0.2) is 41.0 Å². The number of benzene rings is 2. The van der Waals surface area contributed by atoms with Crippen LogP contribution >= 0.6 is 0 Å². The largest absolute Gasteiger partial charge is 0.480 e. The average Bonchev–Trinajstić information content (AvgIpc) is 3.06. The maximum Gasteiger partial charge on any atom is 0.320 e. The minimum absolute atomic E-state index is 0.0547. The zero-order chi connectivity index (χ0) is 18.0. The maximum absolute atomic E-state index is 11.0. The van der Waals surface area contributed by atoms with Crippen LogP contribution in [0.1, 0.15) is 5.56 Å². The fourth-order valence-corrected chi connectivity index (χ4v) is 2.32. The van der Waals surface area contributed by atoms with Gasteiger partial charge in [-0.1, -0.05) is 12.1 Å². The molecular formula is C15H13N5O5. The second kappa shape index (κ2) is 6.53. The lowest BCUT2D eigenvalue weighted by Crippen LogP contribution is -2.32. The molecule has 2 aromatic carbocycles. The molecule has 10 heteroatoms. The van der Waals surface area contributed by atoms with E-state index in [4.69, 9.17) is 10.8 Å². The van der Waals surface area contributed by atoms with Crippen molar-refractivity contribution in [2.75, 3.05) is 5.32 Å². The number of aromatic nitrogens is 2. The van der Waals surface area contributed by atoms with Crippen molar-refractivity contribution in [2.45, 2.75) is 12.5 Å². The molecule has 0 saturated heterocycles. The Bertz CT molecular complexity index is 937. The molecule has 3 aromatic rings. The molecule has 128 valence electrons. The van der Waals surface area contributed by atoms with Crippen LogP contribution in [0.3, 0.4) is 0 Å². The van der Waals surface area contributed by atoms with Gasteiger partial charge >= 0.3 is 11.7 Å². The van der Waals surface area contributed by atoms with E-state index in [2.05, 4.69) is 20.3 Å². The Morgan fingerprint density at radius 3 is 2.56 bits per heavy atom. The van der Waals surface area contributed by atoms with Crippen LogP contribution in [-0.4, -0.2) is 32.4 Å². The number of non-ortho nitro benzene ring substituents is 1. The predicted molar refractivity (Wildman–Crippen MR) is 87.5 cm³/mol. The Labute approximate surface area is 140 Å². The number of carboxylic acids is 1. The molecule has 0 aliphatic heterocycles. The van der Waals surface area contributed by atoms with E-state index in [0.29, 0.717) is 11.4 Å². The molecule has 0 aliphatic carbocycles. The molecule has 0 amide bonds. The van der Waals surface area contributed by atoms with Crippen molar-refractivity contribution >= 4 is 34.1 Å². The summed E-state index contributed by atoms with van der Waals surface area (Å²) in [7, 11) is 0. The summed E-state index contributed by atoms with van der Waals surface area (Å²) >= 11 is 0. The molecule has 25 heavy (non-hydrogen) atoms. The highest BCUT2D eigenvalue weighted by atomic mass is 16.6. The first kappa shape index (κ1) is 16.3. The van der Waals surface area contributed by atoms with E-state index >= 15 is 0 Å². The molecule has 4 N–H and O–H groups in total. The lowest BCUT2D eigenvalue weighted by molar-refractivity contribution is -0.383. The Morgan fingerprint density at radius 2 is 1.92 bits per heavy atom. The maximum atomic E-state index is 11.0. The van der Waals surface area contributed by atoms with E-state index < -0.39 is 16.9 Å². The van der Waals surface area contributed by atoms with Crippen molar-refractivity contribution in [2.24, 2.45) is 5.73 Å². The standard InChI is InChI=1S/C15H13N5O5/c16-10(15(21)22)7-8-1-3-9(4-2-8)17-11-5-6-12(20(23)24)14-13(11)18-25-19-14/h1-6,10,17H,7,16H2,(H,21,22)/t10-/m0/s1. The Hall–Kier alpha value is -3.53. The van der Waals surface area contributed by atoms with Gasteiger partial charge < -0.3 is 16.2 Å². The molecule has 1 heterocycles. The number of anilines is 2. The molecule has 0 bridgehead atoms. The van der Waals surface area contributed by atoms with Gasteiger partial charge in [-0.05, 0) is 40.5 Å². The molecule has 0 saturated carbocycles. The van der Waals surface area contributed by atoms with Gasteiger partial charge in [0.05, 0.1) is 10.6 Å². The molecule has 0 spiro atoms. The van der Waals surface area contributed by atoms with Gasteiger partial charge in [0, 0.05) is 11.8 Å². The zero-order valence-corrected chi connectivity index (χ0v) is 12.7. The van der Waals surface area contributed by atoms with Gasteiger partial charge in [0.1, 0.15) is 6.04 Å². The van der Waals surface area contributed by atoms with E-state index in [-0.39, 0.29) is 23.1 Å². The number of aliphatic carboxylic acids is 1. The van der Waals surface area contributed by atoms with Gasteiger partial charge in [0.25, 0.3) is 0 Å². The van der Waals surface area contributed by atoms with Gasteiger partial charge in [-0.3, -0.25) is 14.9 Å². The van der Waals surface area contributed by atoms with Crippen molar-refractivity contribution in [3.8, 4) is 0 Å². The van der Waals surface area contributed by atoms with Crippen LogP contribution in [0.5, 0.6) is 0 Å². The smallest absolute Gasteiger partial charge is 0.320 e. The van der Waals surface area contributed by atoms with Crippen molar-refractivity contribution in [1.82, 2.24) is 10.3 Å². The number of nitrogens with two attached hydrogens (primary N) is 1. The van der Waals surface area contributed by atoms with Crippen molar-refractivity contribution < 1.29 is 19.5 Å². The molecule has 1 aromatic heterocycles. The highest BCUT2D eigenvalue weighted by Gasteiger charge is 2.19. The highest BCUT2D eigenvalue weighted by Crippen LogP contribution is 2.30. The highest BCUT2D eigenvalue weighted by molar-refractivity contribution is 5.94. The fraction of sp³-hybridized carbons (Fsp3) is 0.133. The molecule has 0 unspecified atom stereocenters. The summed E-state index contributed by atoms with van der Waals surface area (Å²) in [6.45, 7) is 0. The van der Waals surface area contributed by atoms with Crippen molar-refractivity contribution in [1.29, 1.82) is 0 Å². The second-order valence-corrected chi connectivity index (χ2v) is 5.32. The number of hydrogen-bond acceptors (Lipinski definition) is 8. The summed E-state index contributed by atoms with van der Waals surface area (Å²) in [6.07, 6.45) is 0.213. The summed E-state index contributed by atoms with van der Waals surface area (Å²) in [5.74, 6) is -1.06. The number of nitro benzene ring substituents is 1. The van der Waals surface area contributed by atoms with Gasteiger partial charge in [-0.2, -0.15) is 0 Å². The number of nitrogens with one attached hydrogen (secondary N) is 1. The van der Waals surface area contributed by atoms with Crippen LogP contribution in [0.4, 0.5) is 17.1 Å². The molecule has 0 fully saturated rings. The number of nitro groups is 1. The SMILES string of the molecule is N[C@@H](Cc1ccc(Nc2ccc([N+](=O)[O-])c3nonc23)cc1)C(=O)O. The van der Waals surface area contributed by atoms with Crippen LogP contribution in [-0.2, 0) is 11.2 Å². The number of fused-ring (bicyclic) bond motifs is 1. The number of nitrogens with zero attached hydrogens (tertiary/aromatic N) is 3. The van der Waals surface area contributed by atoms with E-state index in [1.54, 1.807) is 24.3 Å². The topological polar surface area (TPSA) is 157 Å². The zero-order valence-electron chi connectivity index (χ0n) is 12.7. The second-order valence-electron chi connectivity index (χ2n) is 5.32. The first-order valence-corrected chi connectivity index (χ1v) is 7.19. The number of carboxylic acid groups (broad SMARTS) is 1. The summed E-state index contributed by atoms with van der Waals surface area (Å²) in [5.41, 5.74) is 7.56. The quantitative estimate of drug-likeness (QED) is 0.448. The van der Waals surface area contributed by atoms with E-state index in [1.807, 2.05) is 0 Å². The molecule has 0 aliphatic rings. The minimum atomic E-state index is -1.06. The third kappa shape index (κ3) is 3.38. The molecule has 0 radical (unpaired) electrons. The third-order valence-corrected chi connectivity index (χ3v) is 3.60. The molecule has 10 nitrogen and oxygen atoms in total. The van der Waals surface area contributed by atoms with Gasteiger partial charge in [0.2, 0.25) is 5.52 Å². The lowest BCUT2D eigenvalue weighted by atomic mass is 10.1. The van der Waals surface area contributed by atoms with Crippen LogP contribution < -0.4 is 11.1 Å². The summed E-state index contributed by atoms with van der Waals surface area (Å²) in [4.78, 5) is 21.2. The van der Waals surface area contributed by atoms with Gasteiger partial charge in [0.15, 0.2) is 5.52 Å². The van der Waals surface area contributed by atoms with Crippen LogP contribution in [0.25, 0.3) is 11.0 Å². The number of rotatable bonds is 6. The number of carbonyl (C=O) groups is 1. The van der Waals surface area contributed by atoms with Gasteiger partial charge in [-0.15, -0.1) is 0 Å². The van der Waals surface area contributed by atoms with E-state index in [1.165, 1.54) is 12.1 Å². The van der Waals surface area contributed by atoms with Crippen LogP contribution in [0, 0.1) is 10.1 Å². The Kier molecular flexibility index (Phi) is 4.27. The number of hydrogen-bond donors (Lipinski definition) is 3. The summed E-state index contributed by atoms with van der Waals surface area (Å²) < 4.78 is 4.61. The van der Waals surface area contributed by atoms with Crippen molar-refractivity contribution in [3.05, 3.63) is 52.1 Å². The lowest BCUT2D eigenvalue weighted by Gasteiger charge is -2.09. The van der Waals surface area contributed by atoms with E-state index in [0.717, 1.165) is 5.56 Å². The average molecular weight is 343 g/mol. The van der Waals surface area contributed by atoms with E-state index in [9.17, 15) is 14.9 Å². The molecule has 1 atom stereocenters. The first-order valence-electron chi connectivity index (χ1n) is 7.19. The molecule has 3 rings (SSSR count). The third-order valence-electron chi connectivity index (χ3n) is 3.60. The summed E-state index contributed by atoms with van der Waals surface area (Å²) in [6, 6.07) is 8.83.